The zero-order valence-corrected chi connectivity index (χ0v) is 10.2. The van der Waals surface area contributed by atoms with Crippen molar-refractivity contribution in [1.82, 2.24) is 9.97 Å². The zero-order valence-electron chi connectivity index (χ0n) is 9.37. The van der Waals surface area contributed by atoms with Gasteiger partial charge in [0, 0.05) is 6.20 Å². The molecule has 3 aromatic rings. The van der Waals surface area contributed by atoms with E-state index < -0.39 is 9.84 Å². The maximum Gasteiger partial charge on any atom is 0.223 e. The first-order chi connectivity index (χ1) is 8.68. The van der Waals surface area contributed by atoms with E-state index in [9.17, 15) is 8.42 Å². The summed E-state index contributed by atoms with van der Waals surface area (Å²) in [6.45, 7) is 0. The zero-order chi connectivity index (χ0) is 12.6. The molecule has 1 aromatic carbocycles. The lowest BCUT2D eigenvalue weighted by Crippen LogP contribution is -2.03. The minimum Gasteiger partial charge on any atom is -0.360 e. The molecule has 0 atom stereocenters. The summed E-state index contributed by atoms with van der Waals surface area (Å²) in [5.74, 6) is 0. The van der Waals surface area contributed by atoms with Gasteiger partial charge in [-0.25, -0.2) is 13.4 Å². The summed E-state index contributed by atoms with van der Waals surface area (Å²) in [6, 6.07) is 13.3. The highest BCUT2D eigenvalue weighted by Gasteiger charge is 2.19. The van der Waals surface area contributed by atoms with Crippen molar-refractivity contribution in [2.24, 2.45) is 0 Å². The van der Waals surface area contributed by atoms with Crippen LogP contribution in [0.5, 0.6) is 0 Å². The van der Waals surface area contributed by atoms with Gasteiger partial charge >= 0.3 is 0 Å². The molecule has 2 aromatic heterocycles. The van der Waals surface area contributed by atoms with Crippen molar-refractivity contribution < 1.29 is 8.42 Å². The third-order valence-corrected chi connectivity index (χ3v) is 4.38. The molecule has 5 heteroatoms. The molecule has 0 radical (unpaired) electrons. The molecule has 2 heterocycles. The van der Waals surface area contributed by atoms with E-state index in [0.29, 0.717) is 5.52 Å². The van der Waals surface area contributed by atoms with Crippen molar-refractivity contribution in [3.8, 4) is 0 Å². The van der Waals surface area contributed by atoms with Crippen LogP contribution < -0.4 is 0 Å². The van der Waals surface area contributed by atoms with Gasteiger partial charge in [0.15, 0.2) is 5.03 Å². The summed E-state index contributed by atoms with van der Waals surface area (Å²) < 4.78 is 24.7. The maximum absolute atomic E-state index is 12.3. The van der Waals surface area contributed by atoms with E-state index in [-0.39, 0.29) is 9.92 Å². The molecule has 0 spiro atoms. The first kappa shape index (κ1) is 11.0. The van der Waals surface area contributed by atoms with Gasteiger partial charge in [0.25, 0.3) is 0 Å². The molecule has 4 nitrogen and oxygen atoms in total. The van der Waals surface area contributed by atoms with Crippen LogP contribution in [0.1, 0.15) is 0 Å². The quantitative estimate of drug-likeness (QED) is 0.767. The number of pyridine rings is 1. The predicted molar refractivity (Wildman–Crippen MR) is 68.0 cm³/mol. The highest BCUT2D eigenvalue weighted by molar-refractivity contribution is 7.91. The second kappa shape index (κ2) is 3.96. The Labute approximate surface area is 104 Å². The molecule has 90 valence electrons. The number of nitrogens with one attached hydrogen (secondary N) is 1. The van der Waals surface area contributed by atoms with Gasteiger partial charge in [0.1, 0.15) is 0 Å². The Morgan fingerprint density at radius 2 is 1.72 bits per heavy atom. The summed E-state index contributed by atoms with van der Waals surface area (Å²) in [5, 5.41) is 0.0702. The van der Waals surface area contributed by atoms with Crippen molar-refractivity contribution in [1.29, 1.82) is 0 Å². The molecule has 0 aliphatic rings. The molecule has 0 fully saturated rings. The lowest BCUT2D eigenvalue weighted by molar-refractivity contribution is 0.593. The van der Waals surface area contributed by atoms with Crippen molar-refractivity contribution >= 4 is 20.9 Å². The van der Waals surface area contributed by atoms with Crippen LogP contribution in [0.25, 0.3) is 11.0 Å². The van der Waals surface area contributed by atoms with Crippen molar-refractivity contribution in [3.05, 3.63) is 54.7 Å². The number of H-pyrrole nitrogens is 1. The molecular weight excluding hydrogens is 248 g/mol. The highest BCUT2D eigenvalue weighted by Crippen LogP contribution is 2.20. The smallest absolute Gasteiger partial charge is 0.223 e. The molecule has 0 aliphatic carbocycles. The van der Waals surface area contributed by atoms with Gasteiger partial charge < -0.3 is 4.98 Å². The summed E-state index contributed by atoms with van der Waals surface area (Å²) in [5.41, 5.74) is 1.47. The second-order valence-electron chi connectivity index (χ2n) is 3.88. The fourth-order valence-electron chi connectivity index (χ4n) is 1.79. The Hall–Kier alpha value is -2.14. The van der Waals surface area contributed by atoms with Crippen molar-refractivity contribution in [3.63, 3.8) is 0 Å². The molecule has 1 N–H and O–H groups in total. The number of fused-ring (bicyclic) bond motifs is 1. The SMILES string of the molecule is O=S(=O)(c1ccccc1)c1ccc2[nH]ccc2n1. The summed E-state index contributed by atoms with van der Waals surface area (Å²) in [4.78, 5) is 7.40. The first-order valence-electron chi connectivity index (χ1n) is 5.42. The summed E-state index contributed by atoms with van der Waals surface area (Å²) >= 11 is 0. The molecule has 0 amide bonds. The molecule has 0 bridgehead atoms. The average Bonchev–Trinajstić information content (AvgIpc) is 2.87. The third-order valence-electron chi connectivity index (χ3n) is 2.71. The van der Waals surface area contributed by atoms with Crippen LogP contribution in [-0.2, 0) is 9.84 Å². The van der Waals surface area contributed by atoms with E-state index in [4.69, 9.17) is 0 Å². The Morgan fingerprint density at radius 1 is 0.944 bits per heavy atom. The van der Waals surface area contributed by atoms with Crippen LogP contribution in [0.4, 0.5) is 0 Å². The number of rotatable bonds is 2. The predicted octanol–water partition coefficient (Wildman–Crippen LogP) is 2.40. The van der Waals surface area contributed by atoms with E-state index in [2.05, 4.69) is 9.97 Å². The normalized spacial score (nSPS) is 11.8. The highest BCUT2D eigenvalue weighted by atomic mass is 32.2. The van der Waals surface area contributed by atoms with Gasteiger partial charge in [-0.3, -0.25) is 0 Å². The van der Waals surface area contributed by atoms with Gasteiger partial charge in [-0.15, -0.1) is 0 Å². The number of benzene rings is 1. The molecule has 0 saturated carbocycles. The monoisotopic (exact) mass is 258 g/mol. The van der Waals surface area contributed by atoms with E-state index in [1.807, 2.05) is 0 Å². The molecular formula is C13H10N2O2S. The standard InChI is InChI=1S/C13H10N2O2S/c16-18(17,10-4-2-1-3-5-10)13-7-6-11-12(15-13)8-9-14-11/h1-9,14H. The van der Waals surface area contributed by atoms with Crippen molar-refractivity contribution in [2.45, 2.75) is 9.92 Å². The van der Waals surface area contributed by atoms with Crippen LogP contribution in [0.15, 0.2) is 64.6 Å². The van der Waals surface area contributed by atoms with Gasteiger partial charge in [-0.2, -0.15) is 0 Å². The molecule has 0 saturated heterocycles. The third kappa shape index (κ3) is 1.69. The van der Waals surface area contributed by atoms with E-state index in [0.717, 1.165) is 5.52 Å². The lowest BCUT2D eigenvalue weighted by atomic mass is 10.4. The van der Waals surface area contributed by atoms with E-state index in [1.165, 1.54) is 6.07 Å². The van der Waals surface area contributed by atoms with Gasteiger partial charge in [-0.05, 0) is 30.3 Å². The van der Waals surface area contributed by atoms with Gasteiger partial charge in [-0.1, -0.05) is 18.2 Å². The van der Waals surface area contributed by atoms with Gasteiger partial charge in [0.05, 0.1) is 15.9 Å². The largest absolute Gasteiger partial charge is 0.360 e. The minimum absolute atomic E-state index is 0.0702. The number of aromatic amines is 1. The fourth-order valence-corrected chi connectivity index (χ4v) is 3.01. The Balaban J connectivity index is 2.19. The maximum atomic E-state index is 12.3. The number of aromatic nitrogens is 2. The Bertz CT molecular complexity index is 792. The van der Waals surface area contributed by atoms with Crippen LogP contribution in [0.3, 0.4) is 0 Å². The van der Waals surface area contributed by atoms with Crippen LogP contribution in [-0.4, -0.2) is 18.4 Å². The fraction of sp³-hybridized carbons (Fsp3) is 0. The van der Waals surface area contributed by atoms with E-state index in [1.54, 1.807) is 48.7 Å². The van der Waals surface area contributed by atoms with E-state index >= 15 is 0 Å². The molecule has 0 unspecified atom stereocenters. The first-order valence-corrected chi connectivity index (χ1v) is 6.90. The lowest BCUT2D eigenvalue weighted by Gasteiger charge is -2.03. The topological polar surface area (TPSA) is 62.8 Å². The number of hydrogen-bond donors (Lipinski definition) is 1. The second-order valence-corrected chi connectivity index (χ2v) is 5.77. The summed E-state index contributed by atoms with van der Waals surface area (Å²) in [7, 11) is -3.53. The molecule has 3 rings (SSSR count). The van der Waals surface area contributed by atoms with Crippen LogP contribution in [0.2, 0.25) is 0 Å². The molecule has 0 aliphatic heterocycles. The van der Waals surface area contributed by atoms with Crippen LogP contribution >= 0.6 is 0 Å². The number of hydrogen-bond acceptors (Lipinski definition) is 3. The number of sulfone groups is 1. The van der Waals surface area contributed by atoms with Gasteiger partial charge in [0.2, 0.25) is 9.84 Å². The van der Waals surface area contributed by atoms with Crippen LogP contribution in [0, 0.1) is 0 Å². The Kier molecular flexibility index (Phi) is 2.41. The average molecular weight is 258 g/mol. The summed E-state index contributed by atoms with van der Waals surface area (Å²) in [6.07, 6.45) is 1.73. The molecule has 18 heavy (non-hydrogen) atoms. The number of nitrogens with zero attached hydrogens (tertiary/aromatic N) is 1. The van der Waals surface area contributed by atoms with Crippen molar-refractivity contribution in [2.75, 3.05) is 0 Å². The Morgan fingerprint density at radius 3 is 2.50 bits per heavy atom. The minimum atomic E-state index is -3.53.